The summed E-state index contributed by atoms with van der Waals surface area (Å²) in [6.45, 7) is 2.23. The minimum atomic E-state index is -4.46. The van der Waals surface area contributed by atoms with E-state index in [-0.39, 0.29) is 17.2 Å². The predicted octanol–water partition coefficient (Wildman–Crippen LogP) is 4.85. The quantitative estimate of drug-likeness (QED) is 0.454. The number of hydrogen-bond donors (Lipinski definition) is 1. The van der Waals surface area contributed by atoms with Crippen molar-refractivity contribution in [1.29, 1.82) is 0 Å². The van der Waals surface area contributed by atoms with Crippen molar-refractivity contribution >= 4 is 23.4 Å². The zero-order chi connectivity index (χ0) is 21.0. The van der Waals surface area contributed by atoms with Crippen molar-refractivity contribution in [3.05, 3.63) is 59.9 Å². The molecule has 0 aliphatic rings. The molecule has 29 heavy (non-hydrogen) atoms. The number of nitrogens with zero attached hydrogens (tertiary/aromatic N) is 3. The first-order valence-corrected chi connectivity index (χ1v) is 9.55. The summed E-state index contributed by atoms with van der Waals surface area (Å²) in [5.41, 5.74) is -0.0241. The van der Waals surface area contributed by atoms with Gasteiger partial charge < -0.3 is 9.88 Å². The van der Waals surface area contributed by atoms with Gasteiger partial charge in [-0.1, -0.05) is 23.9 Å². The maximum absolute atomic E-state index is 13.0. The van der Waals surface area contributed by atoms with Crippen LogP contribution in [0.5, 0.6) is 0 Å². The van der Waals surface area contributed by atoms with Crippen molar-refractivity contribution in [3.8, 4) is 11.4 Å². The highest BCUT2D eigenvalue weighted by Gasteiger charge is 2.31. The van der Waals surface area contributed by atoms with E-state index in [0.717, 1.165) is 23.9 Å². The highest BCUT2D eigenvalue weighted by molar-refractivity contribution is 7.99. The van der Waals surface area contributed by atoms with Crippen molar-refractivity contribution < 1.29 is 22.4 Å². The maximum Gasteiger partial charge on any atom is 0.416 e. The predicted molar refractivity (Wildman–Crippen MR) is 102 cm³/mol. The number of hydrogen-bond acceptors (Lipinski definition) is 4. The van der Waals surface area contributed by atoms with Crippen LogP contribution >= 0.6 is 11.8 Å². The molecule has 0 unspecified atom stereocenters. The van der Waals surface area contributed by atoms with Gasteiger partial charge in [0.1, 0.15) is 5.82 Å². The van der Waals surface area contributed by atoms with E-state index in [1.54, 1.807) is 4.57 Å². The molecular formula is C19H16F4N4OS. The summed E-state index contributed by atoms with van der Waals surface area (Å²) in [5.74, 6) is -0.429. The molecule has 0 fully saturated rings. The SMILES string of the molecule is CCn1c(SCC(=O)Nc2ccc(F)cc2)nnc1-c1cccc(C(F)(F)F)c1. The summed E-state index contributed by atoms with van der Waals surface area (Å²) in [6, 6.07) is 10.2. The van der Waals surface area contributed by atoms with E-state index in [4.69, 9.17) is 0 Å². The van der Waals surface area contributed by atoms with Gasteiger partial charge in [-0.3, -0.25) is 4.79 Å². The van der Waals surface area contributed by atoms with Gasteiger partial charge >= 0.3 is 6.18 Å². The molecule has 1 amide bonds. The minimum absolute atomic E-state index is 0.0120. The first kappa shape index (κ1) is 20.8. The summed E-state index contributed by atoms with van der Waals surface area (Å²) < 4.78 is 53.5. The monoisotopic (exact) mass is 424 g/mol. The van der Waals surface area contributed by atoms with Crippen molar-refractivity contribution in [2.75, 3.05) is 11.1 Å². The number of rotatable bonds is 6. The number of carbonyl (C=O) groups is 1. The number of aromatic nitrogens is 3. The molecule has 0 aliphatic heterocycles. The molecule has 1 aromatic heterocycles. The Labute approximate surface area is 168 Å². The number of thioether (sulfide) groups is 1. The lowest BCUT2D eigenvalue weighted by molar-refractivity contribution is -0.137. The van der Waals surface area contributed by atoms with E-state index in [9.17, 15) is 22.4 Å². The van der Waals surface area contributed by atoms with Gasteiger partial charge in [0.25, 0.3) is 0 Å². The molecule has 0 saturated carbocycles. The number of benzene rings is 2. The highest BCUT2D eigenvalue weighted by atomic mass is 32.2. The summed E-state index contributed by atoms with van der Waals surface area (Å²) in [5, 5.41) is 11.1. The molecular weight excluding hydrogens is 408 g/mol. The molecule has 0 atom stereocenters. The van der Waals surface area contributed by atoms with E-state index in [1.165, 1.54) is 36.4 Å². The maximum atomic E-state index is 13.0. The molecule has 152 valence electrons. The van der Waals surface area contributed by atoms with Crippen LogP contribution in [0, 0.1) is 5.82 Å². The minimum Gasteiger partial charge on any atom is -0.325 e. The summed E-state index contributed by atoms with van der Waals surface area (Å²) in [4.78, 5) is 12.1. The zero-order valence-electron chi connectivity index (χ0n) is 15.2. The summed E-state index contributed by atoms with van der Waals surface area (Å²) >= 11 is 1.11. The zero-order valence-corrected chi connectivity index (χ0v) is 16.0. The topological polar surface area (TPSA) is 59.8 Å². The van der Waals surface area contributed by atoms with Crippen LogP contribution in [0.1, 0.15) is 12.5 Å². The lowest BCUT2D eigenvalue weighted by Gasteiger charge is -2.10. The lowest BCUT2D eigenvalue weighted by atomic mass is 10.1. The Kier molecular flexibility index (Phi) is 6.21. The number of carbonyl (C=O) groups excluding carboxylic acids is 1. The van der Waals surface area contributed by atoms with Crippen LogP contribution in [0.25, 0.3) is 11.4 Å². The van der Waals surface area contributed by atoms with Crippen molar-refractivity contribution in [2.45, 2.75) is 24.8 Å². The Morgan fingerprint density at radius 2 is 1.86 bits per heavy atom. The first-order valence-electron chi connectivity index (χ1n) is 8.57. The van der Waals surface area contributed by atoms with Crippen LogP contribution in [0.15, 0.2) is 53.7 Å². The van der Waals surface area contributed by atoms with Crippen LogP contribution in [-0.2, 0) is 17.5 Å². The van der Waals surface area contributed by atoms with Crippen LogP contribution in [0.4, 0.5) is 23.2 Å². The molecule has 0 aliphatic carbocycles. The number of halogens is 4. The van der Waals surface area contributed by atoms with E-state index in [2.05, 4.69) is 15.5 Å². The molecule has 3 aromatic rings. The van der Waals surface area contributed by atoms with Gasteiger partial charge in [0.2, 0.25) is 5.91 Å². The van der Waals surface area contributed by atoms with Crippen molar-refractivity contribution in [1.82, 2.24) is 14.8 Å². The number of nitrogens with one attached hydrogen (secondary N) is 1. The van der Waals surface area contributed by atoms with E-state index < -0.39 is 17.6 Å². The van der Waals surface area contributed by atoms with Gasteiger partial charge in [0.15, 0.2) is 11.0 Å². The largest absolute Gasteiger partial charge is 0.416 e. The third kappa shape index (κ3) is 5.14. The molecule has 0 radical (unpaired) electrons. The Morgan fingerprint density at radius 3 is 2.52 bits per heavy atom. The number of alkyl halides is 3. The fourth-order valence-corrected chi connectivity index (χ4v) is 3.39. The molecule has 5 nitrogen and oxygen atoms in total. The van der Waals surface area contributed by atoms with Crippen LogP contribution < -0.4 is 5.32 Å². The Bertz CT molecular complexity index is 1000. The van der Waals surface area contributed by atoms with E-state index in [0.29, 0.717) is 23.2 Å². The van der Waals surface area contributed by atoms with Gasteiger partial charge in [0.05, 0.1) is 11.3 Å². The highest BCUT2D eigenvalue weighted by Crippen LogP contribution is 2.32. The molecule has 10 heteroatoms. The van der Waals surface area contributed by atoms with Gasteiger partial charge in [-0.05, 0) is 43.3 Å². The Hall–Kier alpha value is -2.88. The standard InChI is InChI=1S/C19H16F4N4OS/c1-2-27-17(12-4-3-5-13(10-12)19(21,22)23)25-26-18(27)29-11-16(28)24-15-8-6-14(20)7-9-15/h3-10H,2,11H2,1H3,(H,24,28). The van der Waals surface area contributed by atoms with E-state index in [1.807, 2.05) is 6.92 Å². The van der Waals surface area contributed by atoms with Crippen LogP contribution in [0.3, 0.4) is 0 Å². The Balaban J connectivity index is 1.73. The molecule has 2 aromatic carbocycles. The second-order valence-electron chi connectivity index (χ2n) is 5.97. The first-order chi connectivity index (χ1) is 13.8. The molecule has 1 heterocycles. The summed E-state index contributed by atoms with van der Waals surface area (Å²) in [6.07, 6.45) is -4.46. The van der Waals surface area contributed by atoms with Gasteiger partial charge in [-0.15, -0.1) is 10.2 Å². The molecule has 0 spiro atoms. The second kappa shape index (κ2) is 8.64. The smallest absolute Gasteiger partial charge is 0.325 e. The number of amides is 1. The molecule has 0 bridgehead atoms. The summed E-state index contributed by atoms with van der Waals surface area (Å²) in [7, 11) is 0. The van der Waals surface area contributed by atoms with Crippen LogP contribution in [0.2, 0.25) is 0 Å². The molecule has 3 rings (SSSR count). The van der Waals surface area contributed by atoms with Gasteiger partial charge in [0, 0.05) is 17.8 Å². The lowest BCUT2D eigenvalue weighted by Crippen LogP contribution is -2.14. The number of anilines is 1. The molecule has 1 N–H and O–H groups in total. The normalized spacial score (nSPS) is 11.5. The third-order valence-electron chi connectivity index (χ3n) is 3.94. The Morgan fingerprint density at radius 1 is 1.14 bits per heavy atom. The average Bonchev–Trinajstić information content (AvgIpc) is 3.10. The van der Waals surface area contributed by atoms with Crippen molar-refractivity contribution in [2.24, 2.45) is 0 Å². The third-order valence-corrected chi connectivity index (χ3v) is 4.91. The fourth-order valence-electron chi connectivity index (χ4n) is 2.59. The molecule has 0 saturated heterocycles. The second-order valence-corrected chi connectivity index (χ2v) is 6.92. The average molecular weight is 424 g/mol. The fraction of sp³-hybridized carbons (Fsp3) is 0.211. The van der Waals surface area contributed by atoms with Crippen molar-refractivity contribution in [3.63, 3.8) is 0 Å². The van der Waals surface area contributed by atoms with Gasteiger partial charge in [-0.2, -0.15) is 13.2 Å². The van der Waals surface area contributed by atoms with Gasteiger partial charge in [-0.25, -0.2) is 4.39 Å². The van der Waals surface area contributed by atoms with E-state index >= 15 is 0 Å². The van der Waals surface area contributed by atoms with Crippen LogP contribution in [-0.4, -0.2) is 26.4 Å².